The maximum absolute atomic E-state index is 12.2. The van der Waals surface area contributed by atoms with Crippen LogP contribution in [0.4, 0.5) is 5.13 Å². The molecule has 0 bridgehead atoms. The molecule has 0 aliphatic heterocycles. The second-order valence-corrected chi connectivity index (χ2v) is 6.41. The average Bonchev–Trinajstić information content (AvgIpc) is 3.00. The van der Waals surface area contributed by atoms with Crippen LogP contribution in [0.5, 0.6) is 5.75 Å². The third-order valence-electron chi connectivity index (χ3n) is 3.90. The van der Waals surface area contributed by atoms with Gasteiger partial charge in [0.15, 0.2) is 10.9 Å². The standard InChI is InChI=1S/C18H18N2O2S.BrH/c1-11-4-9-16-17(12(11)2)20-18(23-16)19-10-15(21)13-5-7-14(22-3)8-6-13;/h4-9H,10H2,1-3H3,(H,19,20);1H. The first-order valence-corrected chi connectivity index (χ1v) is 8.18. The number of methoxy groups -OCH3 is 1. The van der Waals surface area contributed by atoms with Gasteiger partial charge in [-0.05, 0) is 55.3 Å². The van der Waals surface area contributed by atoms with E-state index in [1.807, 2.05) is 0 Å². The van der Waals surface area contributed by atoms with Crippen LogP contribution in [0.2, 0.25) is 0 Å². The minimum atomic E-state index is 0. The fraction of sp³-hybridized carbons (Fsp3) is 0.222. The number of halogens is 1. The number of nitrogens with one attached hydrogen (secondary N) is 1. The van der Waals surface area contributed by atoms with Crippen molar-refractivity contribution in [3.05, 3.63) is 53.1 Å². The van der Waals surface area contributed by atoms with E-state index in [0.717, 1.165) is 21.1 Å². The first-order chi connectivity index (χ1) is 11.1. The number of anilines is 1. The number of hydrogen-bond acceptors (Lipinski definition) is 5. The largest absolute Gasteiger partial charge is 0.497 e. The van der Waals surface area contributed by atoms with Gasteiger partial charge in [0.2, 0.25) is 0 Å². The number of aromatic nitrogens is 1. The van der Waals surface area contributed by atoms with Crippen LogP contribution in [0, 0.1) is 13.8 Å². The number of hydrogen-bond donors (Lipinski definition) is 1. The lowest BCUT2D eigenvalue weighted by molar-refractivity contribution is 0.101. The van der Waals surface area contributed by atoms with Gasteiger partial charge in [-0.2, -0.15) is 0 Å². The van der Waals surface area contributed by atoms with E-state index in [9.17, 15) is 4.79 Å². The number of benzene rings is 2. The Balaban J connectivity index is 0.00000208. The van der Waals surface area contributed by atoms with Crippen LogP contribution in [0.3, 0.4) is 0 Å². The Morgan fingerprint density at radius 2 is 1.88 bits per heavy atom. The molecule has 4 nitrogen and oxygen atoms in total. The first kappa shape index (κ1) is 18.4. The van der Waals surface area contributed by atoms with Crippen LogP contribution in [0.1, 0.15) is 21.5 Å². The number of rotatable bonds is 5. The van der Waals surface area contributed by atoms with Gasteiger partial charge >= 0.3 is 0 Å². The molecule has 0 aliphatic rings. The Kier molecular flexibility index (Phi) is 5.96. The van der Waals surface area contributed by atoms with E-state index in [4.69, 9.17) is 4.74 Å². The summed E-state index contributed by atoms with van der Waals surface area (Å²) in [5, 5.41) is 3.91. The molecule has 0 spiro atoms. The first-order valence-electron chi connectivity index (χ1n) is 7.36. The lowest BCUT2D eigenvalue weighted by atomic mass is 10.1. The van der Waals surface area contributed by atoms with E-state index >= 15 is 0 Å². The van der Waals surface area contributed by atoms with Crippen LogP contribution in [-0.4, -0.2) is 24.4 Å². The van der Waals surface area contributed by atoms with Crippen molar-refractivity contribution < 1.29 is 9.53 Å². The summed E-state index contributed by atoms with van der Waals surface area (Å²) in [6.07, 6.45) is 0. The van der Waals surface area contributed by atoms with Crippen molar-refractivity contribution >= 4 is 49.4 Å². The molecule has 3 aromatic rings. The summed E-state index contributed by atoms with van der Waals surface area (Å²) in [6, 6.07) is 11.3. The summed E-state index contributed by atoms with van der Waals surface area (Å²) in [4.78, 5) is 16.8. The molecule has 2 aromatic carbocycles. The molecule has 0 unspecified atom stereocenters. The van der Waals surface area contributed by atoms with Crippen LogP contribution in [0.15, 0.2) is 36.4 Å². The number of carbonyl (C=O) groups is 1. The van der Waals surface area contributed by atoms with Gasteiger partial charge in [-0.15, -0.1) is 17.0 Å². The highest BCUT2D eigenvalue weighted by Gasteiger charge is 2.10. The molecule has 0 aliphatic carbocycles. The maximum Gasteiger partial charge on any atom is 0.184 e. The molecule has 1 heterocycles. The van der Waals surface area contributed by atoms with Gasteiger partial charge in [0.1, 0.15) is 5.75 Å². The monoisotopic (exact) mass is 406 g/mol. The highest BCUT2D eigenvalue weighted by molar-refractivity contribution is 8.93. The number of nitrogens with zero attached hydrogens (tertiary/aromatic N) is 1. The fourth-order valence-corrected chi connectivity index (χ4v) is 3.26. The van der Waals surface area contributed by atoms with Gasteiger partial charge < -0.3 is 10.1 Å². The Bertz CT molecular complexity index is 859. The Hall–Kier alpha value is -1.92. The summed E-state index contributed by atoms with van der Waals surface area (Å²) in [7, 11) is 1.61. The second kappa shape index (κ2) is 7.77. The summed E-state index contributed by atoms with van der Waals surface area (Å²) >= 11 is 1.57. The van der Waals surface area contributed by atoms with E-state index in [1.165, 1.54) is 11.1 Å². The maximum atomic E-state index is 12.2. The molecule has 0 saturated heterocycles. The van der Waals surface area contributed by atoms with Crippen molar-refractivity contribution in [1.29, 1.82) is 0 Å². The Morgan fingerprint density at radius 3 is 2.54 bits per heavy atom. The SMILES string of the molecule is Br.COc1ccc(C(=O)CNc2nc3c(C)c(C)ccc3s2)cc1. The van der Waals surface area contributed by atoms with Crippen LogP contribution < -0.4 is 10.1 Å². The lowest BCUT2D eigenvalue weighted by Crippen LogP contribution is -2.13. The summed E-state index contributed by atoms with van der Waals surface area (Å²) < 4.78 is 6.23. The quantitative estimate of drug-likeness (QED) is 0.618. The van der Waals surface area contributed by atoms with Crippen LogP contribution in [0.25, 0.3) is 10.2 Å². The molecule has 6 heteroatoms. The molecule has 24 heavy (non-hydrogen) atoms. The van der Waals surface area contributed by atoms with E-state index in [2.05, 4.69) is 36.3 Å². The second-order valence-electron chi connectivity index (χ2n) is 5.38. The molecule has 0 radical (unpaired) electrons. The third-order valence-corrected chi connectivity index (χ3v) is 4.88. The predicted octanol–water partition coefficient (Wildman–Crippen LogP) is 4.79. The van der Waals surface area contributed by atoms with Crippen molar-refractivity contribution in [2.45, 2.75) is 13.8 Å². The van der Waals surface area contributed by atoms with Crippen molar-refractivity contribution in [3.63, 3.8) is 0 Å². The number of Topliss-reactive ketones (excluding diaryl/α,β-unsaturated/α-hetero) is 1. The minimum Gasteiger partial charge on any atom is -0.497 e. The Morgan fingerprint density at radius 1 is 1.17 bits per heavy atom. The molecule has 3 rings (SSSR count). The van der Waals surface area contributed by atoms with E-state index in [-0.39, 0.29) is 29.3 Å². The van der Waals surface area contributed by atoms with Crippen molar-refractivity contribution in [1.82, 2.24) is 4.98 Å². The van der Waals surface area contributed by atoms with Crippen molar-refractivity contribution in [2.75, 3.05) is 19.0 Å². The molecule has 126 valence electrons. The zero-order chi connectivity index (χ0) is 16.4. The number of thiazole rings is 1. The smallest absolute Gasteiger partial charge is 0.184 e. The average molecular weight is 407 g/mol. The van der Waals surface area contributed by atoms with Crippen molar-refractivity contribution in [3.8, 4) is 5.75 Å². The van der Waals surface area contributed by atoms with E-state index < -0.39 is 0 Å². The van der Waals surface area contributed by atoms with Gasteiger partial charge in [-0.1, -0.05) is 17.4 Å². The zero-order valence-electron chi connectivity index (χ0n) is 13.8. The lowest BCUT2D eigenvalue weighted by Gasteiger charge is -2.04. The van der Waals surface area contributed by atoms with Crippen molar-refractivity contribution in [2.24, 2.45) is 0 Å². The molecular weight excluding hydrogens is 388 g/mol. The number of aryl methyl sites for hydroxylation is 2. The fourth-order valence-electron chi connectivity index (χ4n) is 2.34. The molecule has 0 fully saturated rings. The zero-order valence-corrected chi connectivity index (χ0v) is 16.3. The molecule has 0 amide bonds. The molecular formula is C18H19BrN2O2S. The summed E-state index contributed by atoms with van der Waals surface area (Å²) in [5.74, 6) is 0.770. The molecule has 0 saturated carbocycles. The Labute approximate surface area is 155 Å². The van der Waals surface area contributed by atoms with E-state index in [1.54, 1.807) is 42.7 Å². The number of ether oxygens (including phenoxy) is 1. The van der Waals surface area contributed by atoms with Gasteiger partial charge in [0.05, 0.1) is 23.9 Å². The van der Waals surface area contributed by atoms with Crippen LogP contribution >= 0.6 is 28.3 Å². The number of carbonyl (C=O) groups excluding carboxylic acids is 1. The molecule has 0 atom stereocenters. The summed E-state index contributed by atoms with van der Waals surface area (Å²) in [6.45, 7) is 4.38. The number of fused-ring (bicyclic) bond motifs is 1. The van der Waals surface area contributed by atoms with E-state index in [0.29, 0.717) is 5.56 Å². The minimum absolute atomic E-state index is 0. The van der Waals surface area contributed by atoms with Gasteiger partial charge in [-0.25, -0.2) is 4.98 Å². The topological polar surface area (TPSA) is 51.2 Å². The van der Waals surface area contributed by atoms with Gasteiger partial charge in [0.25, 0.3) is 0 Å². The third kappa shape index (κ3) is 3.76. The molecule has 1 N–H and O–H groups in total. The highest BCUT2D eigenvalue weighted by atomic mass is 79.9. The highest BCUT2D eigenvalue weighted by Crippen LogP contribution is 2.29. The molecule has 1 aromatic heterocycles. The number of ketones is 1. The van der Waals surface area contributed by atoms with Gasteiger partial charge in [-0.3, -0.25) is 4.79 Å². The predicted molar refractivity (Wildman–Crippen MR) is 105 cm³/mol. The normalized spacial score (nSPS) is 10.3. The van der Waals surface area contributed by atoms with Gasteiger partial charge in [0, 0.05) is 5.56 Å². The summed E-state index contributed by atoms with van der Waals surface area (Å²) in [5.41, 5.74) is 4.08. The van der Waals surface area contributed by atoms with Crippen LogP contribution in [-0.2, 0) is 0 Å².